The summed E-state index contributed by atoms with van der Waals surface area (Å²) in [4.78, 5) is 18.4. The Bertz CT molecular complexity index is 593. The van der Waals surface area contributed by atoms with Crippen molar-refractivity contribution >= 4 is 22.9 Å². The number of aromatic nitrogens is 4. The molecule has 0 bridgehead atoms. The number of H-pyrrole nitrogens is 1. The lowest BCUT2D eigenvalue weighted by Gasteiger charge is -2.32. The molecule has 3 heterocycles. The number of imidazole rings is 1. The van der Waals surface area contributed by atoms with Crippen LogP contribution in [0.1, 0.15) is 12.8 Å². The van der Waals surface area contributed by atoms with Crippen molar-refractivity contribution in [2.45, 2.75) is 18.9 Å². The van der Waals surface area contributed by atoms with Gasteiger partial charge < -0.3 is 25.0 Å². The van der Waals surface area contributed by atoms with Gasteiger partial charge in [-0.05, 0) is 12.8 Å². The zero-order valence-electron chi connectivity index (χ0n) is 12.0. The molecule has 0 saturated carbocycles. The molecule has 8 heteroatoms. The molecule has 0 aromatic carbocycles. The highest BCUT2D eigenvalue weighted by Crippen LogP contribution is 2.26. The third-order valence-electron chi connectivity index (χ3n) is 3.68. The van der Waals surface area contributed by atoms with Gasteiger partial charge in [0.1, 0.15) is 5.52 Å². The molecule has 0 atom stereocenters. The summed E-state index contributed by atoms with van der Waals surface area (Å²) in [7, 11) is 1.80. The number of hydrogen-bond acceptors (Lipinski definition) is 7. The number of hydrogen-bond donors (Lipinski definition) is 3. The Hall–Kier alpha value is -1.93. The van der Waals surface area contributed by atoms with Gasteiger partial charge in [0.15, 0.2) is 11.5 Å². The first-order valence-corrected chi connectivity index (χ1v) is 7.18. The molecule has 2 aromatic rings. The Morgan fingerprint density at radius 1 is 1.43 bits per heavy atom. The second kappa shape index (κ2) is 6.23. The summed E-state index contributed by atoms with van der Waals surface area (Å²) in [6.07, 6.45) is 3.71. The number of piperidine rings is 1. The maximum Gasteiger partial charge on any atom is 0.226 e. The molecule has 3 N–H and O–H groups in total. The number of nitrogens with zero attached hydrogens (tertiary/aromatic N) is 4. The first kappa shape index (κ1) is 14.0. The number of aromatic amines is 1. The number of fused-ring (bicyclic) bond motifs is 1. The smallest absolute Gasteiger partial charge is 0.226 e. The summed E-state index contributed by atoms with van der Waals surface area (Å²) in [5, 5.41) is 11.8. The predicted octanol–water partition coefficient (Wildman–Crippen LogP) is 0.372. The highest BCUT2D eigenvalue weighted by molar-refractivity contribution is 5.84. The SMILES string of the molecule is CNc1nc(N2CCC(OCCO)CC2)c2[nH]cnc2n1. The number of ether oxygens (including phenoxy) is 1. The van der Waals surface area contributed by atoms with E-state index in [9.17, 15) is 0 Å². The Kier molecular flexibility index (Phi) is 4.16. The Balaban J connectivity index is 1.77. The molecular formula is C13H20N6O2. The average molecular weight is 292 g/mol. The number of aliphatic hydroxyl groups is 1. The van der Waals surface area contributed by atoms with Crippen molar-refractivity contribution in [2.24, 2.45) is 0 Å². The molecule has 0 spiro atoms. The van der Waals surface area contributed by atoms with Crippen molar-refractivity contribution in [1.29, 1.82) is 0 Å². The van der Waals surface area contributed by atoms with Crippen LogP contribution in [0.3, 0.4) is 0 Å². The van der Waals surface area contributed by atoms with Crippen LogP contribution in [0.25, 0.3) is 11.2 Å². The van der Waals surface area contributed by atoms with Crippen LogP contribution in [0.2, 0.25) is 0 Å². The summed E-state index contributed by atoms with van der Waals surface area (Å²) in [6, 6.07) is 0. The van der Waals surface area contributed by atoms with Crippen LogP contribution in [-0.2, 0) is 4.74 Å². The number of aliphatic hydroxyl groups excluding tert-OH is 1. The minimum Gasteiger partial charge on any atom is -0.394 e. The first-order chi connectivity index (χ1) is 10.3. The van der Waals surface area contributed by atoms with E-state index in [4.69, 9.17) is 9.84 Å². The second-order valence-corrected chi connectivity index (χ2v) is 5.00. The normalized spacial score (nSPS) is 16.6. The summed E-state index contributed by atoms with van der Waals surface area (Å²) in [6.45, 7) is 2.22. The number of rotatable bonds is 5. The topological polar surface area (TPSA) is 99.2 Å². The summed E-state index contributed by atoms with van der Waals surface area (Å²) in [5.74, 6) is 1.45. The van der Waals surface area contributed by atoms with Gasteiger partial charge in [0, 0.05) is 20.1 Å². The average Bonchev–Trinajstić information content (AvgIpc) is 3.01. The van der Waals surface area contributed by atoms with Crippen molar-refractivity contribution in [3.05, 3.63) is 6.33 Å². The van der Waals surface area contributed by atoms with E-state index in [0.29, 0.717) is 18.2 Å². The van der Waals surface area contributed by atoms with Crippen molar-refractivity contribution in [3.63, 3.8) is 0 Å². The quantitative estimate of drug-likeness (QED) is 0.732. The fourth-order valence-corrected chi connectivity index (χ4v) is 2.61. The third kappa shape index (κ3) is 2.91. The molecule has 1 fully saturated rings. The van der Waals surface area contributed by atoms with E-state index in [1.807, 2.05) is 0 Å². The van der Waals surface area contributed by atoms with Gasteiger partial charge in [-0.15, -0.1) is 0 Å². The van der Waals surface area contributed by atoms with Gasteiger partial charge in [0.25, 0.3) is 0 Å². The van der Waals surface area contributed by atoms with Gasteiger partial charge >= 0.3 is 0 Å². The van der Waals surface area contributed by atoms with E-state index in [0.717, 1.165) is 37.3 Å². The maximum absolute atomic E-state index is 8.81. The van der Waals surface area contributed by atoms with Crippen molar-refractivity contribution in [3.8, 4) is 0 Å². The highest BCUT2D eigenvalue weighted by atomic mass is 16.5. The van der Waals surface area contributed by atoms with E-state index in [-0.39, 0.29) is 12.7 Å². The second-order valence-electron chi connectivity index (χ2n) is 5.00. The van der Waals surface area contributed by atoms with Gasteiger partial charge in [0.05, 0.1) is 25.6 Å². The lowest BCUT2D eigenvalue weighted by Crippen LogP contribution is -2.38. The van der Waals surface area contributed by atoms with Crippen LogP contribution >= 0.6 is 0 Å². The number of nitrogens with one attached hydrogen (secondary N) is 2. The maximum atomic E-state index is 8.81. The molecule has 0 radical (unpaired) electrons. The fourth-order valence-electron chi connectivity index (χ4n) is 2.61. The molecule has 0 unspecified atom stereocenters. The largest absolute Gasteiger partial charge is 0.394 e. The molecule has 1 aliphatic heterocycles. The van der Waals surface area contributed by atoms with Crippen LogP contribution in [0.15, 0.2) is 6.33 Å². The summed E-state index contributed by atoms with van der Waals surface area (Å²) in [5.41, 5.74) is 1.53. The van der Waals surface area contributed by atoms with E-state index < -0.39 is 0 Å². The minimum atomic E-state index is 0.0758. The standard InChI is InChI=1S/C13H20N6O2/c1-14-13-17-11-10(15-8-16-11)12(18-13)19-4-2-9(3-5-19)21-7-6-20/h8-9,20H,2-7H2,1H3,(H2,14,15,16,17,18). The molecular weight excluding hydrogens is 272 g/mol. The van der Waals surface area contributed by atoms with Gasteiger partial charge in [-0.2, -0.15) is 9.97 Å². The molecule has 21 heavy (non-hydrogen) atoms. The zero-order chi connectivity index (χ0) is 14.7. The van der Waals surface area contributed by atoms with E-state index in [1.165, 1.54) is 0 Å². The molecule has 1 aliphatic rings. The fraction of sp³-hybridized carbons (Fsp3) is 0.615. The molecule has 3 rings (SSSR count). The van der Waals surface area contributed by atoms with Crippen molar-refractivity contribution in [2.75, 3.05) is 43.6 Å². The van der Waals surface area contributed by atoms with Gasteiger partial charge in [-0.1, -0.05) is 0 Å². The van der Waals surface area contributed by atoms with Crippen LogP contribution < -0.4 is 10.2 Å². The van der Waals surface area contributed by atoms with E-state index in [2.05, 4.69) is 30.2 Å². The predicted molar refractivity (Wildman–Crippen MR) is 79.5 cm³/mol. The molecule has 8 nitrogen and oxygen atoms in total. The van der Waals surface area contributed by atoms with Gasteiger partial charge in [-0.3, -0.25) is 0 Å². The van der Waals surface area contributed by atoms with Gasteiger partial charge in [0.2, 0.25) is 5.95 Å². The lowest BCUT2D eigenvalue weighted by molar-refractivity contribution is 0.0158. The monoisotopic (exact) mass is 292 g/mol. The van der Waals surface area contributed by atoms with Crippen molar-refractivity contribution < 1.29 is 9.84 Å². The Morgan fingerprint density at radius 2 is 2.24 bits per heavy atom. The third-order valence-corrected chi connectivity index (χ3v) is 3.68. The first-order valence-electron chi connectivity index (χ1n) is 7.18. The molecule has 2 aromatic heterocycles. The molecule has 1 saturated heterocycles. The minimum absolute atomic E-state index is 0.0758. The van der Waals surface area contributed by atoms with Crippen LogP contribution in [0.4, 0.5) is 11.8 Å². The van der Waals surface area contributed by atoms with Crippen LogP contribution in [0, 0.1) is 0 Å². The molecule has 0 aliphatic carbocycles. The van der Waals surface area contributed by atoms with E-state index >= 15 is 0 Å². The van der Waals surface area contributed by atoms with Crippen molar-refractivity contribution in [1.82, 2.24) is 19.9 Å². The molecule has 0 amide bonds. The summed E-state index contributed by atoms with van der Waals surface area (Å²) < 4.78 is 5.59. The lowest BCUT2D eigenvalue weighted by atomic mass is 10.1. The summed E-state index contributed by atoms with van der Waals surface area (Å²) >= 11 is 0. The number of anilines is 2. The molecule has 114 valence electrons. The van der Waals surface area contributed by atoms with Crippen LogP contribution in [0.5, 0.6) is 0 Å². The van der Waals surface area contributed by atoms with E-state index in [1.54, 1.807) is 13.4 Å². The zero-order valence-corrected chi connectivity index (χ0v) is 12.0. The highest BCUT2D eigenvalue weighted by Gasteiger charge is 2.23. The Morgan fingerprint density at radius 3 is 2.95 bits per heavy atom. The Labute approximate surface area is 122 Å². The van der Waals surface area contributed by atoms with Gasteiger partial charge in [-0.25, -0.2) is 4.98 Å². The van der Waals surface area contributed by atoms with Crippen LogP contribution in [-0.4, -0.2) is 64.5 Å².